The number of aromatic nitrogens is 2. The van der Waals surface area contributed by atoms with Gasteiger partial charge in [0, 0.05) is 12.5 Å². The van der Waals surface area contributed by atoms with Crippen LogP contribution in [0.15, 0.2) is 34.9 Å². The molecular weight excluding hydrogens is 254 g/mol. The second-order valence-electron chi connectivity index (χ2n) is 5.43. The average Bonchev–Trinajstić information content (AvgIpc) is 3.18. The van der Waals surface area contributed by atoms with Gasteiger partial charge in [0.25, 0.3) is 0 Å². The molecule has 5 heteroatoms. The number of nitrogens with one attached hydrogen (secondary N) is 1. The van der Waals surface area contributed by atoms with Crippen molar-refractivity contribution in [2.75, 3.05) is 19.8 Å². The number of ether oxygens (including phenoxy) is 1. The number of benzene rings is 1. The Bertz CT molecular complexity index is 578. The summed E-state index contributed by atoms with van der Waals surface area (Å²) in [5, 5.41) is 7.44. The van der Waals surface area contributed by atoms with Crippen LogP contribution in [0.3, 0.4) is 0 Å². The lowest BCUT2D eigenvalue weighted by molar-refractivity contribution is 0.0734. The summed E-state index contributed by atoms with van der Waals surface area (Å²) in [6, 6.07) is 10.6. The fraction of sp³-hybridized carbons (Fsp3) is 0.467. The maximum atomic E-state index is 5.44. The second kappa shape index (κ2) is 5.00. The van der Waals surface area contributed by atoms with Crippen molar-refractivity contribution in [1.82, 2.24) is 15.5 Å². The molecule has 1 saturated heterocycles. The fourth-order valence-corrected chi connectivity index (χ4v) is 2.81. The largest absolute Gasteiger partial charge is 0.378 e. The molecule has 0 radical (unpaired) electrons. The van der Waals surface area contributed by atoms with Gasteiger partial charge in [0.05, 0.1) is 19.3 Å². The maximum absolute atomic E-state index is 5.44. The molecule has 1 aromatic heterocycles. The zero-order valence-electron chi connectivity index (χ0n) is 11.2. The standard InChI is InChI=1S/C15H17N3O2/c1-2-4-10(5-3-1)11-8-12(11)15-17-14(18-20-15)13-9-19-7-6-16-13/h1-5,11-13,16H,6-9H2. The first-order chi connectivity index (χ1) is 9.92. The van der Waals surface area contributed by atoms with Crippen LogP contribution in [0.1, 0.15) is 41.6 Å². The van der Waals surface area contributed by atoms with Gasteiger partial charge >= 0.3 is 0 Å². The topological polar surface area (TPSA) is 60.2 Å². The molecule has 0 spiro atoms. The van der Waals surface area contributed by atoms with E-state index in [0.29, 0.717) is 18.4 Å². The van der Waals surface area contributed by atoms with E-state index in [0.717, 1.165) is 31.3 Å². The van der Waals surface area contributed by atoms with Crippen molar-refractivity contribution >= 4 is 0 Å². The Morgan fingerprint density at radius 3 is 2.85 bits per heavy atom. The highest BCUT2D eigenvalue weighted by Gasteiger charge is 2.43. The van der Waals surface area contributed by atoms with E-state index in [1.807, 2.05) is 6.07 Å². The predicted octanol–water partition coefficient (Wildman–Crippen LogP) is 2.00. The molecule has 0 bridgehead atoms. The molecule has 0 amide bonds. The Morgan fingerprint density at radius 1 is 1.15 bits per heavy atom. The summed E-state index contributed by atoms with van der Waals surface area (Å²) in [5.74, 6) is 2.39. The first kappa shape index (κ1) is 12.1. The highest BCUT2D eigenvalue weighted by Crippen LogP contribution is 2.54. The molecule has 1 aromatic carbocycles. The van der Waals surface area contributed by atoms with E-state index in [2.05, 4.69) is 39.7 Å². The molecule has 1 N–H and O–H groups in total. The summed E-state index contributed by atoms with van der Waals surface area (Å²) in [6.45, 7) is 2.20. The molecule has 1 aliphatic carbocycles. The highest BCUT2D eigenvalue weighted by atomic mass is 16.5. The van der Waals surface area contributed by atoms with Crippen molar-refractivity contribution < 1.29 is 9.26 Å². The molecule has 2 heterocycles. The van der Waals surface area contributed by atoms with Gasteiger partial charge in [0.1, 0.15) is 0 Å². The van der Waals surface area contributed by atoms with Crippen LogP contribution in [0.25, 0.3) is 0 Å². The van der Waals surface area contributed by atoms with Crippen LogP contribution >= 0.6 is 0 Å². The van der Waals surface area contributed by atoms with Crippen molar-refractivity contribution in [2.24, 2.45) is 0 Å². The normalized spacial score (nSPS) is 29.3. The highest BCUT2D eigenvalue weighted by molar-refractivity contribution is 5.30. The van der Waals surface area contributed by atoms with E-state index in [4.69, 9.17) is 9.26 Å². The van der Waals surface area contributed by atoms with Crippen molar-refractivity contribution in [3.63, 3.8) is 0 Å². The monoisotopic (exact) mass is 271 g/mol. The van der Waals surface area contributed by atoms with Crippen molar-refractivity contribution in [1.29, 1.82) is 0 Å². The van der Waals surface area contributed by atoms with Gasteiger partial charge in [-0.05, 0) is 17.9 Å². The molecule has 3 atom stereocenters. The van der Waals surface area contributed by atoms with E-state index >= 15 is 0 Å². The molecule has 1 saturated carbocycles. The number of hydrogen-bond acceptors (Lipinski definition) is 5. The number of hydrogen-bond donors (Lipinski definition) is 1. The summed E-state index contributed by atoms with van der Waals surface area (Å²) in [4.78, 5) is 4.55. The molecule has 2 fully saturated rings. The van der Waals surface area contributed by atoms with Gasteiger partial charge in [-0.15, -0.1) is 0 Å². The van der Waals surface area contributed by atoms with E-state index in [9.17, 15) is 0 Å². The van der Waals surface area contributed by atoms with Gasteiger partial charge in [0.15, 0.2) is 5.82 Å². The third-order valence-electron chi connectivity index (χ3n) is 4.03. The Morgan fingerprint density at radius 2 is 2.05 bits per heavy atom. The minimum absolute atomic E-state index is 0.0650. The van der Waals surface area contributed by atoms with Gasteiger partial charge < -0.3 is 14.6 Å². The van der Waals surface area contributed by atoms with Crippen LogP contribution in [0.4, 0.5) is 0 Å². The summed E-state index contributed by atoms with van der Waals surface area (Å²) in [5.41, 5.74) is 1.36. The molecule has 4 rings (SSSR count). The summed E-state index contributed by atoms with van der Waals surface area (Å²) in [7, 11) is 0. The molecule has 2 aromatic rings. The molecule has 5 nitrogen and oxygen atoms in total. The first-order valence-electron chi connectivity index (χ1n) is 7.11. The lowest BCUT2D eigenvalue weighted by atomic mass is 10.1. The van der Waals surface area contributed by atoms with Crippen LogP contribution < -0.4 is 5.32 Å². The Kier molecular flexibility index (Phi) is 3.01. The van der Waals surface area contributed by atoms with Gasteiger partial charge in [-0.3, -0.25) is 0 Å². The fourth-order valence-electron chi connectivity index (χ4n) is 2.81. The van der Waals surface area contributed by atoms with Crippen molar-refractivity contribution in [3.05, 3.63) is 47.6 Å². The minimum Gasteiger partial charge on any atom is -0.378 e. The SMILES string of the molecule is c1ccc(C2CC2c2nc(C3COCCN3)no2)cc1. The molecule has 1 aliphatic heterocycles. The lowest BCUT2D eigenvalue weighted by Crippen LogP contribution is -2.35. The number of morpholine rings is 1. The minimum atomic E-state index is 0.0650. The summed E-state index contributed by atoms with van der Waals surface area (Å²) in [6.07, 6.45) is 1.10. The maximum Gasteiger partial charge on any atom is 0.230 e. The Labute approximate surface area is 117 Å². The number of nitrogens with zero attached hydrogens (tertiary/aromatic N) is 2. The van der Waals surface area contributed by atoms with Gasteiger partial charge in [-0.25, -0.2) is 0 Å². The molecule has 2 aliphatic rings. The smallest absolute Gasteiger partial charge is 0.230 e. The first-order valence-corrected chi connectivity index (χ1v) is 7.11. The quantitative estimate of drug-likeness (QED) is 0.925. The molecular formula is C15H17N3O2. The number of rotatable bonds is 3. The molecule has 104 valence electrons. The van der Waals surface area contributed by atoms with E-state index in [1.165, 1.54) is 5.56 Å². The van der Waals surface area contributed by atoms with Crippen LogP contribution in [0.2, 0.25) is 0 Å². The van der Waals surface area contributed by atoms with Crippen LogP contribution in [-0.2, 0) is 4.74 Å². The zero-order chi connectivity index (χ0) is 13.4. The van der Waals surface area contributed by atoms with Gasteiger partial charge in [0.2, 0.25) is 5.89 Å². The third-order valence-corrected chi connectivity index (χ3v) is 4.03. The van der Waals surface area contributed by atoms with E-state index < -0.39 is 0 Å². The van der Waals surface area contributed by atoms with Crippen LogP contribution in [-0.4, -0.2) is 29.9 Å². The van der Waals surface area contributed by atoms with E-state index in [-0.39, 0.29) is 6.04 Å². The predicted molar refractivity (Wildman–Crippen MR) is 72.4 cm³/mol. The van der Waals surface area contributed by atoms with Crippen molar-refractivity contribution in [3.8, 4) is 0 Å². The van der Waals surface area contributed by atoms with Crippen LogP contribution in [0.5, 0.6) is 0 Å². The van der Waals surface area contributed by atoms with E-state index in [1.54, 1.807) is 0 Å². The van der Waals surface area contributed by atoms with Gasteiger partial charge in [-0.1, -0.05) is 35.5 Å². The zero-order valence-corrected chi connectivity index (χ0v) is 11.2. The van der Waals surface area contributed by atoms with Crippen LogP contribution in [0, 0.1) is 0 Å². The lowest BCUT2D eigenvalue weighted by Gasteiger charge is -2.20. The third kappa shape index (κ3) is 2.23. The van der Waals surface area contributed by atoms with Crippen molar-refractivity contribution in [2.45, 2.75) is 24.3 Å². The second-order valence-corrected chi connectivity index (χ2v) is 5.43. The summed E-state index contributed by atoms with van der Waals surface area (Å²) < 4.78 is 10.9. The molecule has 3 unspecified atom stereocenters. The summed E-state index contributed by atoms with van der Waals surface area (Å²) >= 11 is 0. The average molecular weight is 271 g/mol. The molecule has 20 heavy (non-hydrogen) atoms. The Balaban J connectivity index is 1.47. The van der Waals surface area contributed by atoms with Gasteiger partial charge in [-0.2, -0.15) is 4.98 Å². The Hall–Kier alpha value is -1.72.